The fourth-order valence-corrected chi connectivity index (χ4v) is 3.73. The van der Waals surface area contributed by atoms with Gasteiger partial charge in [-0.05, 0) is 53.8 Å². The smallest absolute Gasteiger partial charge is 0.227 e. The number of rotatable bonds is 7. The van der Waals surface area contributed by atoms with Crippen molar-refractivity contribution >= 4 is 52.9 Å². The maximum Gasteiger partial charge on any atom is 0.227 e. The second kappa shape index (κ2) is 11.3. The van der Waals surface area contributed by atoms with Crippen molar-refractivity contribution in [1.29, 1.82) is 0 Å². The van der Waals surface area contributed by atoms with Gasteiger partial charge in [-0.25, -0.2) is 4.99 Å². The molecule has 1 aliphatic heterocycles. The quantitative estimate of drug-likeness (QED) is 0.265. The minimum Gasteiger partial charge on any atom is -0.357 e. The summed E-state index contributed by atoms with van der Waals surface area (Å²) < 4.78 is 0. The minimum atomic E-state index is 0. The van der Waals surface area contributed by atoms with E-state index in [2.05, 4.69) is 45.4 Å². The summed E-state index contributed by atoms with van der Waals surface area (Å²) in [6, 6.07) is 10.3. The van der Waals surface area contributed by atoms with Gasteiger partial charge in [0.05, 0.1) is 6.54 Å². The summed E-state index contributed by atoms with van der Waals surface area (Å²) in [6.45, 7) is 5.07. The van der Waals surface area contributed by atoms with Crippen LogP contribution in [0.4, 0.5) is 5.69 Å². The maximum absolute atomic E-state index is 12.5. The minimum absolute atomic E-state index is 0. The third-order valence-electron chi connectivity index (χ3n) is 4.39. The van der Waals surface area contributed by atoms with Gasteiger partial charge < -0.3 is 15.5 Å². The molecular formula is C20H27IN4OS. The molecule has 0 saturated heterocycles. The topological polar surface area (TPSA) is 56.7 Å². The molecule has 1 amide bonds. The summed E-state index contributed by atoms with van der Waals surface area (Å²) in [4.78, 5) is 19.0. The van der Waals surface area contributed by atoms with Crippen molar-refractivity contribution in [3.05, 3.63) is 52.2 Å². The number of halogens is 1. The lowest BCUT2D eigenvalue weighted by atomic mass is 10.2. The molecule has 2 N–H and O–H groups in total. The lowest BCUT2D eigenvalue weighted by molar-refractivity contribution is -0.118. The number of fused-ring (bicyclic) bond motifs is 1. The molecule has 0 bridgehead atoms. The van der Waals surface area contributed by atoms with Crippen LogP contribution in [0, 0.1) is 0 Å². The van der Waals surface area contributed by atoms with Crippen LogP contribution in [0.2, 0.25) is 0 Å². The summed E-state index contributed by atoms with van der Waals surface area (Å²) in [5, 5.41) is 10.7. The molecule has 27 heavy (non-hydrogen) atoms. The number of para-hydroxylation sites is 1. The van der Waals surface area contributed by atoms with Crippen LogP contribution >= 0.6 is 35.3 Å². The number of thiophene rings is 1. The molecule has 0 saturated carbocycles. The van der Waals surface area contributed by atoms with E-state index in [1.54, 1.807) is 11.3 Å². The number of guanidine groups is 1. The van der Waals surface area contributed by atoms with Gasteiger partial charge >= 0.3 is 0 Å². The number of carbonyl (C=O) groups is 1. The molecule has 1 aromatic heterocycles. The largest absolute Gasteiger partial charge is 0.357 e. The molecule has 0 fully saturated rings. The highest BCUT2D eigenvalue weighted by Crippen LogP contribution is 2.27. The van der Waals surface area contributed by atoms with E-state index < -0.39 is 0 Å². The highest BCUT2D eigenvalue weighted by Gasteiger charge is 2.23. The molecule has 0 unspecified atom stereocenters. The van der Waals surface area contributed by atoms with Gasteiger partial charge in [0.2, 0.25) is 5.91 Å². The summed E-state index contributed by atoms with van der Waals surface area (Å²) in [7, 11) is 0. The van der Waals surface area contributed by atoms with Crippen molar-refractivity contribution in [2.24, 2.45) is 4.99 Å². The van der Waals surface area contributed by atoms with Crippen LogP contribution in [0.1, 0.15) is 30.9 Å². The highest BCUT2D eigenvalue weighted by atomic mass is 127. The lowest BCUT2D eigenvalue weighted by Crippen LogP contribution is -2.38. The van der Waals surface area contributed by atoms with Gasteiger partial charge in [0.15, 0.2) is 5.96 Å². The van der Waals surface area contributed by atoms with Crippen molar-refractivity contribution in [3.8, 4) is 0 Å². The van der Waals surface area contributed by atoms with Crippen LogP contribution < -0.4 is 15.5 Å². The normalized spacial score (nSPS) is 13.1. The number of hydrogen-bond acceptors (Lipinski definition) is 3. The first kappa shape index (κ1) is 21.7. The van der Waals surface area contributed by atoms with Gasteiger partial charge in [0.25, 0.3) is 0 Å². The van der Waals surface area contributed by atoms with Crippen molar-refractivity contribution < 1.29 is 4.79 Å². The fraction of sp³-hybridized carbons (Fsp3) is 0.400. The van der Waals surface area contributed by atoms with E-state index in [9.17, 15) is 4.79 Å². The van der Waals surface area contributed by atoms with Gasteiger partial charge in [-0.1, -0.05) is 18.2 Å². The van der Waals surface area contributed by atoms with E-state index in [1.807, 2.05) is 23.1 Å². The Morgan fingerprint density at radius 2 is 2.11 bits per heavy atom. The number of benzene rings is 1. The van der Waals surface area contributed by atoms with Crippen LogP contribution in [0.15, 0.2) is 46.1 Å². The molecular weight excluding hydrogens is 471 g/mol. The van der Waals surface area contributed by atoms with Crippen molar-refractivity contribution in [2.45, 2.75) is 32.7 Å². The van der Waals surface area contributed by atoms with Gasteiger partial charge in [-0.3, -0.25) is 4.79 Å². The van der Waals surface area contributed by atoms with Crippen LogP contribution in [-0.2, 0) is 17.8 Å². The Morgan fingerprint density at radius 3 is 2.89 bits per heavy atom. The third kappa shape index (κ3) is 6.21. The van der Waals surface area contributed by atoms with Crippen LogP contribution in [0.5, 0.6) is 0 Å². The number of nitrogens with one attached hydrogen (secondary N) is 2. The summed E-state index contributed by atoms with van der Waals surface area (Å²) in [5.74, 6) is 1.01. The first-order valence-electron chi connectivity index (χ1n) is 9.19. The molecule has 146 valence electrons. The first-order chi connectivity index (χ1) is 12.8. The summed E-state index contributed by atoms with van der Waals surface area (Å²) in [5.41, 5.74) is 3.57. The molecule has 1 aromatic carbocycles. The number of hydrogen-bond donors (Lipinski definition) is 2. The van der Waals surface area contributed by atoms with Crippen molar-refractivity contribution in [3.63, 3.8) is 0 Å². The Balaban J connectivity index is 0.00000261. The molecule has 5 nitrogen and oxygen atoms in total. The second-order valence-electron chi connectivity index (χ2n) is 6.28. The predicted molar refractivity (Wildman–Crippen MR) is 124 cm³/mol. The average Bonchev–Trinajstić information content (AvgIpc) is 3.32. The molecule has 0 aliphatic carbocycles. The van der Waals surface area contributed by atoms with Crippen LogP contribution in [0.3, 0.4) is 0 Å². The van der Waals surface area contributed by atoms with Gasteiger partial charge in [0.1, 0.15) is 0 Å². The molecule has 0 radical (unpaired) electrons. The van der Waals surface area contributed by atoms with Gasteiger partial charge in [0, 0.05) is 31.7 Å². The molecule has 1 aliphatic rings. The SMILES string of the molecule is CCNC(=NCc1ccsc1)NCCCC(=O)N1CCc2ccccc21.I. The lowest BCUT2D eigenvalue weighted by Gasteiger charge is -2.17. The van der Waals surface area contributed by atoms with Crippen LogP contribution in [0.25, 0.3) is 0 Å². The molecule has 3 rings (SSSR count). The van der Waals surface area contributed by atoms with E-state index in [1.165, 1.54) is 11.1 Å². The Bertz CT molecular complexity index is 748. The number of amides is 1. The van der Waals surface area contributed by atoms with E-state index in [0.717, 1.165) is 44.1 Å². The highest BCUT2D eigenvalue weighted by molar-refractivity contribution is 14.0. The van der Waals surface area contributed by atoms with Gasteiger partial charge in [-0.2, -0.15) is 11.3 Å². The van der Waals surface area contributed by atoms with E-state index in [-0.39, 0.29) is 29.9 Å². The molecule has 7 heteroatoms. The summed E-state index contributed by atoms with van der Waals surface area (Å²) in [6.07, 6.45) is 2.30. The van der Waals surface area contributed by atoms with E-state index >= 15 is 0 Å². The Kier molecular flexibility index (Phi) is 9.06. The van der Waals surface area contributed by atoms with E-state index in [4.69, 9.17) is 0 Å². The number of anilines is 1. The van der Waals surface area contributed by atoms with E-state index in [0.29, 0.717) is 13.0 Å². The van der Waals surface area contributed by atoms with Crippen LogP contribution in [-0.4, -0.2) is 31.5 Å². The molecule has 2 heterocycles. The number of nitrogens with zero attached hydrogens (tertiary/aromatic N) is 2. The first-order valence-corrected chi connectivity index (χ1v) is 10.1. The fourth-order valence-electron chi connectivity index (χ4n) is 3.07. The molecule has 0 spiro atoms. The van der Waals surface area contributed by atoms with Gasteiger partial charge in [-0.15, -0.1) is 24.0 Å². The standard InChI is InChI=1S/C20H26N4OS.HI/c1-2-21-20(23-14-16-10-13-26-15-16)22-11-5-8-19(25)24-12-9-17-6-3-4-7-18(17)24;/h3-4,6-7,10,13,15H,2,5,8-9,11-12,14H2,1H3,(H2,21,22,23);1H. The maximum atomic E-state index is 12.5. The zero-order valence-corrected chi connectivity index (χ0v) is 18.8. The second-order valence-corrected chi connectivity index (χ2v) is 7.06. The Morgan fingerprint density at radius 1 is 1.26 bits per heavy atom. The Labute approximate surface area is 182 Å². The molecule has 0 atom stereocenters. The van der Waals surface area contributed by atoms with Crippen molar-refractivity contribution in [1.82, 2.24) is 10.6 Å². The number of carbonyl (C=O) groups excluding carboxylic acids is 1. The molecule has 2 aromatic rings. The number of aliphatic imine (C=N–C) groups is 1. The Hall–Kier alpha value is -1.61. The third-order valence-corrected chi connectivity index (χ3v) is 5.12. The summed E-state index contributed by atoms with van der Waals surface area (Å²) >= 11 is 1.68. The van der Waals surface area contributed by atoms with Crippen molar-refractivity contribution in [2.75, 3.05) is 24.5 Å². The zero-order valence-electron chi connectivity index (χ0n) is 15.6. The zero-order chi connectivity index (χ0) is 18.2. The predicted octanol–water partition coefficient (Wildman–Crippen LogP) is 3.79. The average molecular weight is 498 g/mol. The monoisotopic (exact) mass is 498 g/mol.